The van der Waals surface area contributed by atoms with Crippen LogP contribution < -0.4 is 10.6 Å². The van der Waals surface area contributed by atoms with Crippen molar-refractivity contribution in [2.24, 2.45) is 11.8 Å². The van der Waals surface area contributed by atoms with Gasteiger partial charge in [-0.1, -0.05) is 32.9 Å². The molecule has 0 atom stereocenters. The molecule has 1 aromatic heterocycles. The predicted octanol–water partition coefficient (Wildman–Crippen LogP) is 1.19. The SMILES string of the molecule is CC(C)CNCCCn1cc(CNC(=O)C(C)C)nn1. The minimum Gasteiger partial charge on any atom is -0.350 e. The van der Waals surface area contributed by atoms with E-state index in [4.69, 9.17) is 0 Å². The van der Waals surface area contributed by atoms with E-state index in [1.54, 1.807) is 0 Å². The van der Waals surface area contributed by atoms with Crippen molar-refractivity contribution in [3.05, 3.63) is 11.9 Å². The van der Waals surface area contributed by atoms with Gasteiger partial charge in [-0.3, -0.25) is 9.48 Å². The van der Waals surface area contributed by atoms with Crippen LogP contribution in [0, 0.1) is 11.8 Å². The van der Waals surface area contributed by atoms with Crippen LogP contribution in [0.5, 0.6) is 0 Å². The highest BCUT2D eigenvalue weighted by molar-refractivity contribution is 5.77. The van der Waals surface area contributed by atoms with E-state index in [0.29, 0.717) is 12.5 Å². The van der Waals surface area contributed by atoms with Gasteiger partial charge in [0.05, 0.1) is 12.7 Å². The Morgan fingerprint density at radius 1 is 1.35 bits per heavy atom. The van der Waals surface area contributed by atoms with Gasteiger partial charge >= 0.3 is 0 Å². The lowest BCUT2D eigenvalue weighted by molar-refractivity contribution is -0.124. The molecule has 0 aliphatic rings. The van der Waals surface area contributed by atoms with Gasteiger partial charge in [-0.15, -0.1) is 5.10 Å². The molecule has 0 radical (unpaired) electrons. The summed E-state index contributed by atoms with van der Waals surface area (Å²) in [6, 6.07) is 0. The molecular formula is C14H27N5O. The van der Waals surface area contributed by atoms with Gasteiger partial charge in [-0.2, -0.15) is 0 Å². The summed E-state index contributed by atoms with van der Waals surface area (Å²) in [5.74, 6) is 0.715. The zero-order valence-corrected chi connectivity index (χ0v) is 13.0. The number of carbonyl (C=O) groups excluding carboxylic acids is 1. The Morgan fingerprint density at radius 3 is 2.75 bits per heavy atom. The maximum absolute atomic E-state index is 11.4. The molecule has 0 fully saturated rings. The zero-order valence-electron chi connectivity index (χ0n) is 13.0. The lowest BCUT2D eigenvalue weighted by Gasteiger charge is -2.06. The van der Waals surface area contributed by atoms with E-state index in [2.05, 4.69) is 34.8 Å². The summed E-state index contributed by atoms with van der Waals surface area (Å²) in [6.45, 7) is 11.5. The van der Waals surface area contributed by atoms with Crippen molar-refractivity contribution in [3.63, 3.8) is 0 Å². The van der Waals surface area contributed by atoms with E-state index in [9.17, 15) is 4.79 Å². The molecule has 2 N–H and O–H groups in total. The smallest absolute Gasteiger partial charge is 0.222 e. The van der Waals surface area contributed by atoms with Crippen molar-refractivity contribution in [3.8, 4) is 0 Å². The molecule has 1 aromatic rings. The van der Waals surface area contributed by atoms with Crippen LogP contribution in [0.3, 0.4) is 0 Å². The van der Waals surface area contributed by atoms with Crippen molar-refractivity contribution >= 4 is 5.91 Å². The Labute approximate surface area is 121 Å². The average molecular weight is 281 g/mol. The normalized spacial score (nSPS) is 11.3. The molecule has 114 valence electrons. The summed E-state index contributed by atoms with van der Waals surface area (Å²) < 4.78 is 1.83. The first kappa shape index (κ1) is 16.6. The number of nitrogens with one attached hydrogen (secondary N) is 2. The number of amides is 1. The topological polar surface area (TPSA) is 71.8 Å². The first-order valence-corrected chi connectivity index (χ1v) is 7.36. The third kappa shape index (κ3) is 6.65. The van der Waals surface area contributed by atoms with Crippen LogP contribution in [0.15, 0.2) is 6.20 Å². The Bertz CT molecular complexity index is 400. The molecule has 0 spiro atoms. The lowest BCUT2D eigenvalue weighted by Crippen LogP contribution is -2.27. The maximum Gasteiger partial charge on any atom is 0.222 e. The maximum atomic E-state index is 11.4. The number of rotatable bonds is 9. The molecule has 0 saturated carbocycles. The highest BCUT2D eigenvalue weighted by Gasteiger charge is 2.07. The summed E-state index contributed by atoms with van der Waals surface area (Å²) in [6.07, 6.45) is 2.91. The van der Waals surface area contributed by atoms with Crippen molar-refractivity contribution in [1.82, 2.24) is 25.6 Å². The molecule has 20 heavy (non-hydrogen) atoms. The standard InChI is InChI=1S/C14H27N5O/c1-11(2)8-15-6-5-7-19-10-13(17-18-19)9-16-14(20)12(3)4/h10-12,15H,5-9H2,1-4H3,(H,16,20). The monoisotopic (exact) mass is 281 g/mol. The molecule has 0 aliphatic carbocycles. The van der Waals surface area contributed by atoms with Crippen molar-refractivity contribution in [1.29, 1.82) is 0 Å². The molecule has 0 aromatic carbocycles. The van der Waals surface area contributed by atoms with Crippen LogP contribution in [0.25, 0.3) is 0 Å². The quantitative estimate of drug-likeness (QED) is 0.667. The first-order chi connectivity index (χ1) is 9.49. The molecule has 0 aliphatic heterocycles. The Balaban J connectivity index is 2.21. The van der Waals surface area contributed by atoms with Gasteiger partial charge in [0.15, 0.2) is 0 Å². The van der Waals surface area contributed by atoms with Gasteiger partial charge in [-0.25, -0.2) is 0 Å². The van der Waals surface area contributed by atoms with Gasteiger partial charge in [0.25, 0.3) is 0 Å². The second-order valence-electron chi connectivity index (χ2n) is 5.80. The van der Waals surface area contributed by atoms with Crippen LogP contribution in [-0.4, -0.2) is 34.0 Å². The zero-order chi connectivity index (χ0) is 15.0. The van der Waals surface area contributed by atoms with Gasteiger partial charge in [0.2, 0.25) is 5.91 Å². The molecule has 1 heterocycles. The van der Waals surface area contributed by atoms with E-state index in [0.717, 1.165) is 31.7 Å². The van der Waals surface area contributed by atoms with E-state index in [-0.39, 0.29) is 11.8 Å². The molecular weight excluding hydrogens is 254 g/mol. The lowest BCUT2D eigenvalue weighted by atomic mass is 10.2. The van der Waals surface area contributed by atoms with E-state index >= 15 is 0 Å². The molecule has 0 unspecified atom stereocenters. The Morgan fingerprint density at radius 2 is 2.10 bits per heavy atom. The number of aromatic nitrogens is 3. The third-order valence-corrected chi connectivity index (χ3v) is 2.85. The summed E-state index contributed by atoms with van der Waals surface area (Å²) in [5.41, 5.74) is 0.800. The van der Waals surface area contributed by atoms with E-state index < -0.39 is 0 Å². The summed E-state index contributed by atoms with van der Waals surface area (Å²) in [7, 11) is 0. The highest BCUT2D eigenvalue weighted by Crippen LogP contribution is 1.97. The fraction of sp³-hybridized carbons (Fsp3) is 0.786. The minimum absolute atomic E-state index is 0.00271. The number of aryl methyl sites for hydroxylation is 1. The molecule has 1 rings (SSSR count). The molecule has 1 amide bonds. The number of hydrogen-bond donors (Lipinski definition) is 2. The van der Waals surface area contributed by atoms with Gasteiger partial charge in [0, 0.05) is 12.5 Å². The highest BCUT2D eigenvalue weighted by atomic mass is 16.1. The molecule has 0 bridgehead atoms. The first-order valence-electron chi connectivity index (χ1n) is 7.36. The average Bonchev–Trinajstić information content (AvgIpc) is 2.83. The summed E-state index contributed by atoms with van der Waals surface area (Å²) in [5, 5.41) is 14.3. The van der Waals surface area contributed by atoms with Gasteiger partial charge < -0.3 is 10.6 Å². The van der Waals surface area contributed by atoms with E-state index in [1.165, 1.54) is 0 Å². The van der Waals surface area contributed by atoms with Crippen molar-refractivity contribution in [2.75, 3.05) is 13.1 Å². The fourth-order valence-electron chi connectivity index (χ4n) is 1.67. The summed E-state index contributed by atoms with van der Waals surface area (Å²) >= 11 is 0. The van der Waals surface area contributed by atoms with Crippen LogP contribution in [0.2, 0.25) is 0 Å². The largest absolute Gasteiger partial charge is 0.350 e. The van der Waals surface area contributed by atoms with Gasteiger partial charge in [-0.05, 0) is 25.4 Å². The third-order valence-electron chi connectivity index (χ3n) is 2.85. The number of nitrogens with zero attached hydrogens (tertiary/aromatic N) is 3. The van der Waals surface area contributed by atoms with Crippen LogP contribution in [0.4, 0.5) is 0 Å². The van der Waals surface area contributed by atoms with Crippen LogP contribution in [0.1, 0.15) is 39.8 Å². The second-order valence-corrected chi connectivity index (χ2v) is 5.80. The second kappa shape index (κ2) is 8.68. The fourth-order valence-corrected chi connectivity index (χ4v) is 1.67. The van der Waals surface area contributed by atoms with Gasteiger partial charge in [0.1, 0.15) is 5.69 Å². The van der Waals surface area contributed by atoms with Crippen molar-refractivity contribution in [2.45, 2.75) is 47.2 Å². The van der Waals surface area contributed by atoms with Crippen LogP contribution in [-0.2, 0) is 17.9 Å². The van der Waals surface area contributed by atoms with Crippen LogP contribution >= 0.6 is 0 Å². The Kier molecular flexibility index (Phi) is 7.22. The number of carbonyl (C=O) groups is 1. The minimum atomic E-state index is -0.00271. The van der Waals surface area contributed by atoms with Crippen molar-refractivity contribution < 1.29 is 4.79 Å². The van der Waals surface area contributed by atoms with E-state index in [1.807, 2.05) is 24.7 Å². The molecule has 6 nitrogen and oxygen atoms in total. The Hall–Kier alpha value is -1.43. The predicted molar refractivity (Wildman–Crippen MR) is 79.0 cm³/mol. The molecule has 6 heteroatoms. The molecule has 0 saturated heterocycles. The number of hydrogen-bond acceptors (Lipinski definition) is 4. The summed E-state index contributed by atoms with van der Waals surface area (Å²) in [4.78, 5) is 11.4.